The molecule has 12 aromatic rings. The normalized spacial score (nSPS) is 12.7. The van der Waals surface area contributed by atoms with Gasteiger partial charge in [-0.05, 0) is 94.1 Å². The molecule has 0 saturated heterocycles. The molecule has 630 valence electrons. The molecule has 0 radical (unpaired) electrons. The fourth-order valence-electron chi connectivity index (χ4n) is 10.2. The van der Waals surface area contributed by atoms with E-state index in [1.165, 1.54) is 32.2 Å². The molecule has 0 fully saturated rings. The number of hydrogen-bond acceptors (Lipinski definition) is 34. The molecule has 0 bridgehead atoms. The van der Waals surface area contributed by atoms with Crippen LogP contribution in [0.5, 0.6) is 23.0 Å². The van der Waals surface area contributed by atoms with Gasteiger partial charge in [-0.3, -0.25) is 56.6 Å². The van der Waals surface area contributed by atoms with Crippen LogP contribution in [0.1, 0.15) is 50.1 Å². The molecular weight excluding hydrogens is 1620 g/mol. The zero-order chi connectivity index (χ0) is 85.1. The van der Waals surface area contributed by atoms with Crippen LogP contribution in [0.3, 0.4) is 0 Å². The van der Waals surface area contributed by atoms with Crippen molar-refractivity contribution in [1.29, 1.82) is 0 Å². The van der Waals surface area contributed by atoms with Gasteiger partial charge in [0.2, 0.25) is 38.2 Å². The van der Waals surface area contributed by atoms with E-state index in [1.807, 2.05) is 114 Å². The fourth-order valence-corrected chi connectivity index (χ4v) is 13.7. The molecule has 12 rings (SSSR count). The highest BCUT2D eigenvalue weighted by Crippen LogP contribution is 2.51. The van der Waals surface area contributed by atoms with Gasteiger partial charge in [-0.25, -0.2) is 29.3 Å². The number of aromatic amines is 3. The fraction of sp³-hybridized carbons (Fsp3) is 0.289. The zero-order valence-electron chi connectivity index (χ0n) is 65.4. The van der Waals surface area contributed by atoms with E-state index in [1.54, 1.807) is 74.4 Å². The summed E-state index contributed by atoms with van der Waals surface area (Å²) < 4.78 is 130. The lowest BCUT2D eigenvalue weighted by Crippen LogP contribution is -2.15. The van der Waals surface area contributed by atoms with E-state index in [2.05, 4.69) is 44.9 Å². The Morgan fingerprint density at radius 1 is 0.387 bits per heavy atom. The number of ether oxygens (including phenoxy) is 10. The van der Waals surface area contributed by atoms with Gasteiger partial charge >= 0.3 is 41.3 Å². The molecule has 3 unspecified atom stereocenters. The first-order valence-electron chi connectivity index (χ1n) is 36.0. The molecule has 0 spiro atoms. The number of nitrogens with one attached hydrogen (secondary N) is 3. The standard InChI is InChI=1S/C26H30N5O9P.2C25H28N5O8P/c1-17-4-7-19(8-5-17)13-38-41(34,39-15-37-26(33)40-20-9-6-18(2)21(12-20)35-3)16-36-11-10-31-14-28-22-23(31)29-25(27)30-24(22)32;2*1-17-3-7-19(8-4-17)13-36-39(33,37-15-35-25(32)38-20-9-5-18(2)6-10-20)16-34-12-11-30-14-27-21-22(30)28-24(26)29-23(21)31/h4-9,12,14H,10-11,13,15-16H2,1-3H3,(H3,27,29,30,32);2*3-10,14H,11-13,15-16H2,1-2H3,(H3,26,28,29,31). The van der Waals surface area contributed by atoms with E-state index in [0.29, 0.717) is 5.75 Å². The van der Waals surface area contributed by atoms with Gasteiger partial charge in [0.25, 0.3) is 16.7 Å². The number of carbonyl (C=O) groups is 3. The molecule has 0 saturated carbocycles. The first-order chi connectivity index (χ1) is 57.1. The quantitative estimate of drug-likeness (QED) is 0.00526. The average molecular weight is 1700 g/mol. The Labute approximate surface area is 677 Å². The van der Waals surface area contributed by atoms with Gasteiger partial charge in [0.1, 0.15) is 42.0 Å². The van der Waals surface area contributed by atoms with Crippen LogP contribution in [-0.2, 0) is 109 Å². The van der Waals surface area contributed by atoms with Gasteiger partial charge in [-0.2, -0.15) is 15.0 Å². The molecule has 0 aliphatic carbocycles. The largest absolute Gasteiger partial charge is 0.515 e. The number of nitrogens with zero attached hydrogens (tertiary/aromatic N) is 9. The van der Waals surface area contributed by atoms with Gasteiger partial charge in [-0.15, -0.1) is 0 Å². The number of nitrogens with two attached hydrogens (primary N) is 3. The van der Waals surface area contributed by atoms with Crippen molar-refractivity contribution in [2.24, 2.45) is 0 Å². The number of H-pyrrole nitrogens is 3. The minimum atomic E-state index is -3.92. The van der Waals surface area contributed by atoms with Gasteiger partial charge < -0.3 is 91.8 Å². The SMILES string of the molecule is COc1cc(OC(=O)OCOP(=O)(COCCn2cnc3c(=O)[nH]c(N)nc32)OCc2ccc(C)cc2)ccc1C.Cc1ccc(COP(=O)(COCCn2cnc3c(=O)[nH]c(N)nc32)OCOC(=O)Oc2ccc(C)cc2)cc1.Cc1ccc(COP(=O)(COCCn2cnc3c(=O)[nH]c(N)nc32)OCOC(=O)Oc2ccc(C)cc2)cc1. The second-order valence-electron chi connectivity index (χ2n) is 25.9. The predicted octanol–water partition coefficient (Wildman–Crippen LogP) is 11.7. The summed E-state index contributed by atoms with van der Waals surface area (Å²) in [6.07, 6.45) is -0.179. The number of fused-ring (bicyclic) bond motifs is 3. The number of aromatic nitrogens is 12. The molecule has 6 aromatic carbocycles. The summed E-state index contributed by atoms with van der Waals surface area (Å²) >= 11 is 0. The molecular formula is C76H86N15O25P3. The summed E-state index contributed by atoms with van der Waals surface area (Å²) in [5.41, 5.74) is 25.1. The van der Waals surface area contributed by atoms with Crippen molar-refractivity contribution in [3.8, 4) is 23.0 Å². The molecule has 6 heterocycles. The molecule has 119 heavy (non-hydrogen) atoms. The van der Waals surface area contributed by atoms with Crippen LogP contribution in [0.15, 0.2) is 173 Å². The van der Waals surface area contributed by atoms with Crippen LogP contribution in [0.2, 0.25) is 0 Å². The van der Waals surface area contributed by atoms with Gasteiger partial charge in [0.05, 0.1) is 65.7 Å². The van der Waals surface area contributed by atoms with E-state index in [0.717, 1.165) is 50.1 Å². The monoisotopic (exact) mass is 1700 g/mol. The van der Waals surface area contributed by atoms with Crippen LogP contribution in [0, 0.1) is 41.5 Å². The molecule has 3 atom stereocenters. The van der Waals surface area contributed by atoms with Gasteiger partial charge in [0.15, 0.2) is 33.5 Å². The third kappa shape index (κ3) is 27.7. The minimum absolute atomic E-state index is 0.0210. The Bertz CT molecular complexity index is 5520. The van der Waals surface area contributed by atoms with Crippen molar-refractivity contribution >= 4 is 92.6 Å². The maximum atomic E-state index is 13.5. The lowest BCUT2D eigenvalue weighted by atomic mass is 10.2. The summed E-state index contributed by atoms with van der Waals surface area (Å²) in [6.45, 7) is 10.1. The van der Waals surface area contributed by atoms with Crippen LogP contribution >= 0.6 is 22.8 Å². The number of carbonyl (C=O) groups excluding carboxylic acids is 3. The van der Waals surface area contributed by atoms with E-state index >= 15 is 0 Å². The second kappa shape index (κ2) is 42.7. The average Bonchev–Trinajstić information content (AvgIpc) is 1.67. The number of benzene rings is 6. The van der Waals surface area contributed by atoms with Crippen molar-refractivity contribution in [2.45, 2.75) is 81.0 Å². The summed E-state index contributed by atoms with van der Waals surface area (Å²) in [5, 5.41) is 0. The Kier molecular flexibility index (Phi) is 32.0. The molecule has 6 aromatic heterocycles. The van der Waals surface area contributed by atoms with Crippen molar-refractivity contribution in [1.82, 2.24) is 58.6 Å². The number of aryl methyl sites for hydroxylation is 6. The maximum absolute atomic E-state index is 13.5. The molecule has 0 amide bonds. The number of imidazole rings is 3. The highest BCUT2D eigenvalue weighted by Gasteiger charge is 2.30. The van der Waals surface area contributed by atoms with E-state index < -0.39 is 97.4 Å². The van der Waals surface area contributed by atoms with E-state index in [4.69, 9.17) is 91.7 Å². The first-order valence-corrected chi connectivity index (χ1v) is 41.2. The smallest absolute Gasteiger partial charge is 0.496 e. The first kappa shape index (κ1) is 89.1. The van der Waals surface area contributed by atoms with E-state index in [-0.39, 0.29) is 128 Å². The lowest BCUT2D eigenvalue weighted by Gasteiger charge is -2.19. The second-order valence-corrected chi connectivity index (χ2v) is 31.9. The van der Waals surface area contributed by atoms with Crippen LogP contribution in [-0.4, -0.2) is 143 Å². The highest BCUT2D eigenvalue weighted by atomic mass is 31.2. The Hall–Kier alpha value is -12.3. The van der Waals surface area contributed by atoms with E-state index in [9.17, 15) is 42.5 Å². The number of methoxy groups -OCH3 is 1. The van der Waals surface area contributed by atoms with Gasteiger partial charge in [-0.1, -0.05) is 131 Å². The number of anilines is 3. The van der Waals surface area contributed by atoms with Crippen molar-refractivity contribution in [2.75, 3.05) is 83.6 Å². The molecule has 9 N–H and O–H groups in total. The molecule has 40 nitrogen and oxygen atoms in total. The third-order valence-electron chi connectivity index (χ3n) is 16.6. The number of hydrogen-bond donors (Lipinski definition) is 6. The summed E-state index contributed by atoms with van der Waals surface area (Å²) in [4.78, 5) is 104. The number of nitrogen functional groups attached to an aromatic ring is 3. The third-order valence-corrected chi connectivity index (χ3v) is 21.2. The predicted molar refractivity (Wildman–Crippen MR) is 430 cm³/mol. The Balaban J connectivity index is 0.000000188. The zero-order valence-corrected chi connectivity index (χ0v) is 68.1. The lowest BCUT2D eigenvalue weighted by molar-refractivity contribution is 0.0141. The van der Waals surface area contributed by atoms with Gasteiger partial charge in [0, 0.05) is 25.7 Å². The summed E-state index contributed by atoms with van der Waals surface area (Å²) in [7, 11) is -10.2. The Morgan fingerprint density at radius 3 is 0.958 bits per heavy atom. The van der Waals surface area contributed by atoms with Crippen LogP contribution in [0.4, 0.5) is 32.2 Å². The Morgan fingerprint density at radius 2 is 0.664 bits per heavy atom. The molecule has 43 heteroatoms. The molecule has 0 aliphatic heterocycles. The van der Waals surface area contributed by atoms with Crippen molar-refractivity contribution in [3.63, 3.8) is 0 Å². The number of rotatable bonds is 37. The molecule has 0 aliphatic rings. The minimum Gasteiger partial charge on any atom is -0.496 e. The van der Waals surface area contributed by atoms with Crippen molar-refractivity contribution in [3.05, 3.63) is 240 Å². The van der Waals surface area contributed by atoms with Crippen LogP contribution in [0.25, 0.3) is 33.5 Å². The topological polar surface area (TPSA) is 519 Å². The summed E-state index contributed by atoms with van der Waals surface area (Å²) in [6, 6.07) is 40.8. The van der Waals surface area contributed by atoms with Crippen LogP contribution < -0.4 is 52.8 Å². The van der Waals surface area contributed by atoms with Crippen molar-refractivity contribution < 1.29 is 103 Å². The maximum Gasteiger partial charge on any atom is 0.515 e. The summed E-state index contributed by atoms with van der Waals surface area (Å²) in [5.74, 6) is 1.18. The highest BCUT2D eigenvalue weighted by molar-refractivity contribution is 7.54.